The summed E-state index contributed by atoms with van der Waals surface area (Å²) in [6.07, 6.45) is 0.653. The van der Waals surface area contributed by atoms with Crippen molar-refractivity contribution in [2.75, 3.05) is 24.5 Å². The third-order valence-electron chi connectivity index (χ3n) is 4.65. The van der Waals surface area contributed by atoms with Crippen LogP contribution in [0.1, 0.15) is 25.3 Å². The second-order valence-electron chi connectivity index (χ2n) is 5.82. The number of carbonyl (C=O) groups is 2. The highest BCUT2D eigenvalue weighted by atomic mass is 79.9. The molecule has 1 N–H and O–H groups in total. The van der Waals surface area contributed by atoms with Crippen LogP contribution < -0.4 is 4.90 Å². The van der Waals surface area contributed by atoms with Gasteiger partial charge in [-0.05, 0) is 36.6 Å². The zero-order valence-corrected chi connectivity index (χ0v) is 13.4. The maximum atomic E-state index is 11.9. The van der Waals surface area contributed by atoms with Gasteiger partial charge in [-0.2, -0.15) is 0 Å². The molecule has 1 saturated heterocycles. The van der Waals surface area contributed by atoms with E-state index >= 15 is 0 Å². The van der Waals surface area contributed by atoms with Gasteiger partial charge >= 0.3 is 6.09 Å². The molecule has 0 bridgehead atoms. The van der Waals surface area contributed by atoms with Crippen molar-refractivity contribution in [3.05, 3.63) is 28.2 Å². The summed E-state index contributed by atoms with van der Waals surface area (Å²) in [6.45, 7) is 3.28. The number of anilines is 1. The number of piperidine rings is 1. The van der Waals surface area contributed by atoms with E-state index in [1.54, 1.807) is 6.92 Å². The summed E-state index contributed by atoms with van der Waals surface area (Å²) >= 11 is 3.50. The Kier molecular flexibility index (Phi) is 3.43. The van der Waals surface area contributed by atoms with Crippen molar-refractivity contribution in [3.8, 4) is 0 Å². The van der Waals surface area contributed by atoms with E-state index in [1.165, 1.54) is 4.90 Å². The van der Waals surface area contributed by atoms with Gasteiger partial charge in [0, 0.05) is 42.1 Å². The van der Waals surface area contributed by atoms with Crippen LogP contribution >= 0.6 is 15.9 Å². The number of fused-ring (bicyclic) bond motifs is 2. The predicted molar refractivity (Wildman–Crippen MR) is 82.7 cm³/mol. The second kappa shape index (κ2) is 5.02. The Bertz CT molecular complexity index is 609. The molecule has 0 atom stereocenters. The van der Waals surface area contributed by atoms with E-state index in [1.807, 2.05) is 17.0 Å². The van der Waals surface area contributed by atoms with E-state index in [9.17, 15) is 9.59 Å². The van der Waals surface area contributed by atoms with E-state index in [0.717, 1.165) is 28.6 Å². The van der Waals surface area contributed by atoms with Crippen LogP contribution in [-0.2, 0) is 10.2 Å². The van der Waals surface area contributed by atoms with Gasteiger partial charge < -0.3 is 14.9 Å². The van der Waals surface area contributed by atoms with Crippen LogP contribution in [0.4, 0.5) is 10.5 Å². The number of benzene rings is 1. The number of carboxylic acid groups (broad SMARTS) is 1. The van der Waals surface area contributed by atoms with Gasteiger partial charge in [0.25, 0.3) is 0 Å². The summed E-state index contributed by atoms with van der Waals surface area (Å²) < 4.78 is 0.992. The third-order valence-corrected chi connectivity index (χ3v) is 5.15. The molecule has 2 aliphatic heterocycles. The molecule has 0 saturated carbocycles. The maximum absolute atomic E-state index is 11.9. The van der Waals surface area contributed by atoms with Crippen molar-refractivity contribution in [2.24, 2.45) is 0 Å². The fourth-order valence-corrected chi connectivity index (χ4v) is 3.84. The van der Waals surface area contributed by atoms with Crippen molar-refractivity contribution >= 4 is 33.6 Å². The number of hydrogen-bond donors (Lipinski definition) is 1. The molecule has 0 radical (unpaired) electrons. The average Bonchev–Trinajstić information content (AvgIpc) is 2.74. The molecule has 1 spiro atoms. The minimum atomic E-state index is -0.860. The molecule has 0 aromatic heterocycles. The Labute approximate surface area is 131 Å². The van der Waals surface area contributed by atoms with Crippen LogP contribution in [0.5, 0.6) is 0 Å². The number of nitrogens with zero attached hydrogens (tertiary/aromatic N) is 2. The third kappa shape index (κ3) is 2.31. The highest BCUT2D eigenvalue weighted by Gasteiger charge is 2.46. The lowest BCUT2D eigenvalue weighted by atomic mass is 9.74. The Hall–Kier alpha value is -1.56. The summed E-state index contributed by atoms with van der Waals surface area (Å²) in [6, 6.07) is 5.99. The first kappa shape index (κ1) is 14.4. The SMILES string of the molecule is CC(=O)N1CC2(CCN(C(=O)O)CC2)c2cc(Br)ccc21. The number of likely N-dealkylation sites (tertiary alicyclic amines) is 1. The van der Waals surface area contributed by atoms with E-state index in [4.69, 9.17) is 5.11 Å². The monoisotopic (exact) mass is 352 g/mol. The minimum Gasteiger partial charge on any atom is -0.465 e. The fraction of sp³-hybridized carbons (Fsp3) is 0.467. The number of halogens is 1. The standard InChI is InChI=1S/C15H17BrN2O3/c1-10(19)18-9-15(4-6-17(7-5-15)14(20)21)12-8-11(16)2-3-13(12)18/h2-3,8H,4-7,9H2,1H3,(H,20,21). The van der Waals surface area contributed by atoms with Crippen LogP contribution in [0.15, 0.2) is 22.7 Å². The molecule has 2 heterocycles. The van der Waals surface area contributed by atoms with Crippen molar-refractivity contribution in [2.45, 2.75) is 25.2 Å². The summed E-state index contributed by atoms with van der Waals surface area (Å²) in [4.78, 5) is 26.3. The molecule has 1 fully saturated rings. The zero-order valence-electron chi connectivity index (χ0n) is 11.8. The zero-order chi connectivity index (χ0) is 15.2. The van der Waals surface area contributed by atoms with Crippen molar-refractivity contribution in [1.82, 2.24) is 4.90 Å². The first-order valence-corrected chi connectivity index (χ1v) is 7.78. The smallest absolute Gasteiger partial charge is 0.407 e. The average molecular weight is 353 g/mol. The lowest BCUT2D eigenvalue weighted by Gasteiger charge is -2.38. The van der Waals surface area contributed by atoms with Crippen LogP contribution in [0.2, 0.25) is 0 Å². The van der Waals surface area contributed by atoms with Crippen LogP contribution in [-0.4, -0.2) is 41.6 Å². The molecule has 112 valence electrons. The van der Waals surface area contributed by atoms with Gasteiger partial charge in [-0.15, -0.1) is 0 Å². The first-order valence-electron chi connectivity index (χ1n) is 6.99. The summed E-state index contributed by atoms with van der Waals surface area (Å²) in [5, 5.41) is 9.10. The quantitative estimate of drug-likeness (QED) is 0.780. The van der Waals surface area contributed by atoms with Crippen LogP contribution in [0.3, 0.4) is 0 Å². The Morgan fingerprint density at radius 1 is 1.29 bits per heavy atom. The van der Waals surface area contributed by atoms with E-state index < -0.39 is 6.09 Å². The molecule has 6 heteroatoms. The molecule has 2 aliphatic rings. The lowest BCUT2D eigenvalue weighted by Crippen LogP contribution is -2.47. The second-order valence-corrected chi connectivity index (χ2v) is 6.73. The van der Waals surface area contributed by atoms with Crippen molar-refractivity contribution in [1.29, 1.82) is 0 Å². The molecule has 3 rings (SSSR count). The Balaban J connectivity index is 1.97. The molecule has 0 aliphatic carbocycles. The highest BCUT2D eigenvalue weighted by Crippen LogP contribution is 2.47. The van der Waals surface area contributed by atoms with Gasteiger partial charge in [0.05, 0.1) is 0 Å². The number of hydrogen-bond acceptors (Lipinski definition) is 2. The van der Waals surface area contributed by atoms with Crippen LogP contribution in [0.25, 0.3) is 0 Å². The van der Waals surface area contributed by atoms with Gasteiger partial charge in [-0.3, -0.25) is 4.79 Å². The Morgan fingerprint density at radius 3 is 2.52 bits per heavy atom. The Morgan fingerprint density at radius 2 is 1.95 bits per heavy atom. The first-order chi connectivity index (χ1) is 9.93. The van der Waals surface area contributed by atoms with Crippen LogP contribution in [0, 0.1) is 0 Å². The molecule has 2 amide bonds. The number of carbonyl (C=O) groups excluding carboxylic acids is 1. The maximum Gasteiger partial charge on any atom is 0.407 e. The molecule has 1 aromatic rings. The number of amides is 2. The van der Waals surface area contributed by atoms with E-state index in [0.29, 0.717) is 19.6 Å². The number of rotatable bonds is 0. The normalized spacial score (nSPS) is 19.7. The minimum absolute atomic E-state index is 0.0381. The van der Waals surface area contributed by atoms with Gasteiger partial charge in [-0.1, -0.05) is 15.9 Å². The predicted octanol–water partition coefficient (Wildman–Crippen LogP) is 2.83. The molecule has 21 heavy (non-hydrogen) atoms. The summed E-state index contributed by atoms with van der Waals surface area (Å²) in [5.41, 5.74) is 2.02. The molecule has 0 unspecified atom stereocenters. The van der Waals surface area contributed by atoms with Crippen molar-refractivity contribution < 1.29 is 14.7 Å². The summed E-state index contributed by atoms with van der Waals surface area (Å²) in [5.74, 6) is 0.0381. The lowest BCUT2D eigenvalue weighted by molar-refractivity contribution is -0.116. The highest BCUT2D eigenvalue weighted by molar-refractivity contribution is 9.10. The van der Waals surface area contributed by atoms with Gasteiger partial charge in [0.2, 0.25) is 5.91 Å². The van der Waals surface area contributed by atoms with Gasteiger partial charge in [0.1, 0.15) is 0 Å². The van der Waals surface area contributed by atoms with Gasteiger partial charge in [-0.25, -0.2) is 4.79 Å². The van der Waals surface area contributed by atoms with Crippen molar-refractivity contribution in [3.63, 3.8) is 0 Å². The molecular formula is C15H17BrN2O3. The molecule has 5 nitrogen and oxygen atoms in total. The summed E-state index contributed by atoms with van der Waals surface area (Å²) in [7, 11) is 0. The molecule has 1 aromatic carbocycles. The van der Waals surface area contributed by atoms with Gasteiger partial charge in [0.15, 0.2) is 0 Å². The van der Waals surface area contributed by atoms with E-state index in [2.05, 4.69) is 22.0 Å². The molecular weight excluding hydrogens is 336 g/mol. The topological polar surface area (TPSA) is 60.9 Å². The largest absolute Gasteiger partial charge is 0.465 e. The fourth-order valence-electron chi connectivity index (χ4n) is 3.48. The van der Waals surface area contributed by atoms with E-state index in [-0.39, 0.29) is 11.3 Å².